The molecule has 1 amide bonds. The van der Waals surface area contributed by atoms with Crippen molar-refractivity contribution in [1.29, 1.82) is 0 Å². The number of sulfonamides is 1. The van der Waals surface area contributed by atoms with Crippen molar-refractivity contribution in [2.45, 2.75) is 20.3 Å². The molecule has 1 aromatic heterocycles. The largest absolute Gasteiger partial charge is 0.459 e. The molecular formula is C17H22N2O4S. The number of furan rings is 1. The van der Waals surface area contributed by atoms with Crippen LogP contribution in [0.25, 0.3) is 0 Å². The van der Waals surface area contributed by atoms with Crippen molar-refractivity contribution < 1.29 is 17.6 Å². The van der Waals surface area contributed by atoms with Gasteiger partial charge in [0.2, 0.25) is 10.0 Å². The van der Waals surface area contributed by atoms with E-state index in [4.69, 9.17) is 4.42 Å². The Morgan fingerprint density at radius 2 is 2.00 bits per heavy atom. The molecule has 2 aromatic rings. The lowest BCUT2D eigenvalue weighted by atomic mass is 10.1. The van der Waals surface area contributed by atoms with E-state index in [0.717, 1.165) is 17.5 Å². The molecule has 0 fully saturated rings. The van der Waals surface area contributed by atoms with Crippen LogP contribution in [0.5, 0.6) is 0 Å². The van der Waals surface area contributed by atoms with Gasteiger partial charge in [0, 0.05) is 6.54 Å². The SMILES string of the molecule is CCc1cccc(C)c1N(CCNC(=O)c1ccco1)S(C)(=O)=O. The number of nitrogens with zero attached hydrogens (tertiary/aromatic N) is 1. The molecule has 2 rings (SSSR count). The molecule has 0 aliphatic carbocycles. The molecule has 0 unspecified atom stereocenters. The van der Waals surface area contributed by atoms with Crippen LogP contribution >= 0.6 is 0 Å². The van der Waals surface area contributed by atoms with Crippen molar-refractivity contribution in [1.82, 2.24) is 5.32 Å². The molecule has 0 aliphatic rings. The second kappa shape index (κ2) is 7.53. The first-order valence-electron chi connectivity index (χ1n) is 7.72. The number of aryl methyl sites for hydroxylation is 2. The van der Waals surface area contributed by atoms with Crippen molar-refractivity contribution in [3.63, 3.8) is 0 Å². The van der Waals surface area contributed by atoms with E-state index in [-0.39, 0.29) is 24.8 Å². The Morgan fingerprint density at radius 1 is 1.25 bits per heavy atom. The average molecular weight is 350 g/mol. The number of carbonyl (C=O) groups is 1. The van der Waals surface area contributed by atoms with Gasteiger partial charge in [-0.05, 0) is 36.6 Å². The first-order chi connectivity index (χ1) is 11.3. The Bertz CT molecular complexity index is 798. The summed E-state index contributed by atoms with van der Waals surface area (Å²) in [5, 5.41) is 2.68. The number of benzene rings is 1. The van der Waals surface area contributed by atoms with Crippen LogP contribution in [0.3, 0.4) is 0 Å². The molecule has 6 nitrogen and oxygen atoms in total. The van der Waals surface area contributed by atoms with Crippen molar-refractivity contribution in [2.24, 2.45) is 0 Å². The van der Waals surface area contributed by atoms with Crippen molar-refractivity contribution in [3.8, 4) is 0 Å². The van der Waals surface area contributed by atoms with Gasteiger partial charge < -0.3 is 9.73 Å². The summed E-state index contributed by atoms with van der Waals surface area (Å²) in [5.74, 6) is -0.167. The lowest BCUT2D eigenvalue weighted by Gasteiger charge is -2.26. The zero-order chi connectivity index (χ0) is 17.7. The van der Waals surface area contributed by atoms with Gasteiger partial charge in [-0.25, -0.2) is 8.42 Å². The maximum Gasteiger partial charge on any atom is 0.287 e. The number of para-hydroxylation sites is 1. The van der Waals surface area contributed by atoms with Gasteiger partial charge in [0.25, 0.3) is 5.91 Å². The maximum absolute atomic E-state index is 12.3. The lowest BCUT2D eigenvalue weighted by Crippen LogP contribution is -2.39. The van der Waals surface area contributed by atoms with Crippen LogP contribution in [0.1, 0.15) is 28.6 Å². The number of rotatable bonds is 7. The van der Waals surface area contributed by atoms with Crippen LogP contribution in [0, 0.1) is 6.92 Å². The van der Waals surface area contributed by atoms with Crippen LogP contribution in [0.4, 0.5) is 5.69 Å². The third kappa shape index (κ3) is 4.17. The summed E-state index contributed by atoms with van der Waals surface area (Å²) in [7, 11) is -3.47. The summed E-state index contributed by atoms with van der Waals surface area (Å²) in [6, 6.07) is 8.89. The quantitative estimate of drug-likeness (QED) is 0.831. The van der Waals surface area contributed by atoms with Gasteiger partial charge in [-0.3, -0.25) is 9.10 Å². The van der Waals surface area contributed by atoms with E-state index >= 15 is 0 Å². The minimum absolute atomic E-state index is 0.156. The first-order valence-corrected chi connectivity index (χ1v) is 9.57. The molecule has 0 bridgehead atoms. The van der Waals surface area contributed by atoms with E-state index in [0.29, 0.717) is 5.69 Å². The van der Waals surface area contributed by atoms with E-state index in [9.17, 15) is 13.2 Å². The van der Waals surface area contributed by atoms with E-state index in [1.807, 2.05) is 32.0 Å². The van der Waals surface area contributed by atoms with Gasteiger partial charge in [-0.1, -0.05) is 25.1 Å². The molecule has 0 saturated carbocycles. The number of anilines is 1. The van der Waals surface area contributed by atoms with Crippen LogP contribution in [-0.4, -0.2) is 33.7 Å². The predicted octanol–water partition coefficient (Wildman–Crippen LogP) is 2.35. The second-order valence-corrected chi connectivity index (χ2v) is 7.41. The fourth-order valence-corrected chi connectivity index (χ4v) is 3.59. The molecule has 7 heteroatoms. The van der Waals surface area contributed by atoms with E-state index in [1.165, 1.54) is 16.8 Å². The highest BCUT2D eigenvalue weighted by Gasteiger charge is 2.21. The number of carbonyl (C=O) groups excluding carboxylic acids is 1. The van der Waals surface area contributed by atoms with Crippen molar-refractivity contribution >= 4 is 21.6 Å². The summed E-state index contributed by atoms with van der Waals surface area (Å²) in [6.07, 6.45) is 3.31. The number of hydrogen-bond donors (Lipinski definition) is 1. The van der Waals surface area contributed by atoms with Crippen molar-refractivity contribution in [3.05, 3.63) is 53.5 Å². The lowest BCUT2D eigenvalue weighted by molar-refractivity contribution is 0.0927. The summed E-state index contributed by atoms with van der Waals surface area (Å²) in [4.78, 5) is 11.9. The Morgan fingerprint density at radius 3 is 2.58 bits per heavy atom. The van der Waals surface area contributed by atoms with Crippen LogP contribution < -0.4 is 9.62 Å². The zero-order valence-corrected chi connectivity index (χ0v) is 14.9. The normalized spacial score (nSPS) is 11.3. The molecule has 1 N–H and O–H groups in total. The average Bonchev–Trinajstić information content (AvgIpc) is 3.05. The Hall–Kier alpha value is -2.28. The van der Waals surface area contributed by atoms with E-state index in [1.54, 1.807) is 12.1 Å². The monoisotopic (exact) mass is 350 g/mol. The molecule has 0 aliphatic heterocycles. The standard InChI is InChI=1S/C17H22N2O4S/c1-4-14-8-5-7-13(2)16(14)19(24(3,21)22)11-10-18-17(20)15-9-6-12-23-15/h5-9,12H,4,10-11H2,1-3H3,(H,18,20). The number of hydrogen-bond acceptors (Lipinski definition) is 4. The third-order valence-electron chi connectivity index (χ3n) is 3.70. The van der Waals surface area contributed by atoms with Crippen molar-refractivity contribution in [2.75, 3.05) is 23.7 Å². The summed E-state index contributed by atoms with van der Waals surface area (Å²) < 4.78 is 30.9. The topological polar surface area (TPSA) is 79.6 Å². The first kappa shape index (κ1) is 18.1. The highest BCUT2D eigenvalue weighted by molar-refractivity contribution is 7.92. The smallest absolute Gasteiger partial charge is 0.287 e. The number of nitrogens with one attached hydrogen (secondary N) is 1. The fourth-order valence-electron chi connectivity index (χ4n) is 2.57. The minimum Gasteiger partial charge on any atom is -0.459 e. The number of amides is 1. The minimum atomic E-state index is -3.47. The third-order valence-corrected chi connectivity index (χ3v) is 4.86. The molecule has 0 saturated heterocycles. The highest BCUT2D eigenvalue weighted by Crippen LogP contribution is 2.27. The van der Waals surface area contributed by atoms with Crippen LogP contribution in [0.15, 0.2) is 41.0 Å². The van der Waals surface area contributed by atoms with Gasteiger partial charge in [-0.15, -0.1) is 0 Å². The van der Waals surface area contributed by atoms with Crippen LogP contribution in [-0.2, 0) is 16.4 Å². The van der Waals surface area contributed by atoms with E-state index < -0.39 is 10.0 Å². The molecule has 1 aromatic carbocycles. The highest BCUT2D eigenvalue weighted by atomic mass is 32.2. The molecule has 130 valence electrons. The Balaban J connectivity index is 2.18. The molecule has 0 radical (unpaired) electrons. The van der Waals surface area contributed by atoms with E-state index in [2.05, 4.69) is 5.32 Å². The maximum atomic E-state index is 12.3. The molecular weight excluding hydrogens is 328 g/mol. The van der Waals surface area contributed by atoms with Crippen LogP contribution in [0.2, 0.25) is 0 Å². The molecule has 1 heterocycles. The van der Waals surface area contributed by atoms with Gasteiger partial charge >= 0.3 is 0 Å². The molecule has 24 heavy (non-hydrogen) atoms. The summed E-state index contributed by atoms with van der Waals surface area (Å²) in [5.41, 5.74) is 2.53. The molecule has 0 atom stereocenters. The summed E-state index contributed by atoms with van der Waals surface area (Å²) in [6.45, 7) is 4.21. The fraction of sp³-hybridized carbons (Fsp3) is 0.353. The summed E-state index contributed by atoms with van der Waals surface area (Å²) >= 11 is 0. The van der Waals surface area contributed by atoms with Gasteiger partial charge in [0.05, 0.1) is 24.8 Å². The Labute approximate surface area is 142 Å². The van der Waals surface area contributed by atoms with Gasteiger partial charge in [0.1, 0.15) is 0 Å². The van der Waals surface area contributed by atoms with Gasteiger partial charge in [0.15, 0.2) is 5.76 Å². The zero-order valence-electron chi connectivity index (χ0n) is 14.1. The predicted molar refractivity (Wildman–Crippen MR) is 93.8 cm³/mol. The van der Waals surface area contributed by atoms with Gasteiger partial charge in [-0.2, -0.15) is 0 Å². The molecule has 0 spiro atoms. The Kier molecular flexibility index (Phi) is 5.66. The second-order valence-electron chi connectivity index (χ2n) is 5.50.